The van der Waals surface area contributed by atoms with Crippen molar-refractivity contribution in [1.29, 1.82) is 0 Å². The fourth-order valence-corrected chi connectivity index (χ4v) is 7.43. The molecule has 0 aliphatic carbocycles. The van der Waals surface area contributed by atoms with Crippen LogP contribution in [0.2, 0.25) is 0 Å². The van der Waals surface area contributed by atoms with Gasteiger partial charge in [0, 0.05) is 35.7 Å². The van der Waals surface area contributed by atoms with Crippen molar-refractivity contribution in [2.45, 2.75) is 57.5 Å². The summed E-state index contributed by atoms with van der Waals surface area (Å²) in [6, 6.07) is 6.66. The lowest BCUT2D eigenvalue weighted by molar-refractivity contribution is -0.137. The van der Waals surface area contributed by atoms with E-state index in [0.717, 1.165) is 35.7 Å². The van der Waals surface area contributed by atoms with Gasteiger partial charge in [0.2, 0.25) is 6.79 Å². The minimum atomic E-state index is -0.540. The van der Waals surface area contributed by atoms with Gasteiger partial charge in [-0.1, -0.05) is 29.7 Å². The lowest BCUT2D eigenvalue weighted by Crippen LogP contribution is -2.68. The minimum absolute atomic E-state index is 0.217. The van der Waals surface area contributed by atoms with E-state index in [-0.39, 0.29) is 12.2 Å². The Kier molecular flexibility index (Phi) is 6.01. The smallest absolute Gasteiger partial charge is 0.358 e. The zero-order valence-corrected chi connectivity index (χ0v) is 20.9. The molecule has 5 aliphatic rings. The fraction of sp³-hybridized carbons (Fsp3) is 0.556. The molecule has 4 atom stereocenters. The molecule has 7 nitrogen and oxygen atoms in total. The van der Waals surface area contributed by atoms with Gasteiger partial charge in [0.1, 0.15) is 5.16 Å². The van der Waals surface area contributed by atoms with E-state index in [0.29, 0.717) is 29.5 Å². The number of hydrogen-bond acceptors (Lipinski definition) is 7. The minimum Gasteiger partial charge on any atom is -0.454 e. The number of hydrogen-bond donors (Lipinski definition) is 0. The molecular weight excluding hydrogens is 466 g/mol. The molecule has 0 radical (unpaired) electrons. The number of halogens is 1. The molecule has 35 heavy (non-hydrogen) atoms. The van der Waals surface area contributed by atoms with Gasteiger partial charge in [-0.05, 0) is 81.3 Å². The molecule has 8 heteroatoms. The number of piperidine rings is 3. The first kappa shape index (κ1) is 22.9. The number of nitrogens with zero attached hydrogens (tertiary/aromatic N) is 3. The van der Waals surface area contributed by atoms with Gasteiger partial charge in [-0.25, -0.2) is 4.79 Å². The second-order valence-electron chi connectivity index (χ2n) is 10.7. The maximum atomic E-state index is 12.2. The number of allylic oxidation sites excluding steroid dienone is 1. The second kappa shape index (κ2) is 9.17. The molecule has 1 aromatic rings. The lowest BCUT2D eigenvalue weighted by atomic mass is 9.61. The number of carbonyl (C=O) groups excluding carboxylic acids is 1. The van der Waals surface area contributed by atoms with Crippen LogP contribution in [-0.4, -0.2) is 60.5 Å². The van der Waals surface area contributed by atoms with Gasteiger partial charge < -0.3 is 19.2 Å². The molecule has 3 saturated heterocycles. The highest BCUT2D eigenvalue weighted by Gasteiger charge is 2.55. The van der Waals surface area contributed by atoms with E-state index < -0.39 is 5.97 Å². The average Bonchev–Trinajstić information content (AvgIpc) is 3.33. The number of ether oxygens (including phenoxy) is 2. The fourth-order valence-electron chi connectivity index (χ4n) is 7.10. The van der Waals surface area contributed by atoms with Crippen LogP contribution < -0.4 is 9.47 Å². The summed E-state index contributed by atoms with van der Waals surface area (Å²) in [5.74, 6) is 1.51. The van der Waals surface area contributed by atoms with Crippen molar-refractivity contribution < 1.29 is 19.1 Å². The number of benzene rings is 1. The Labute approximate surface area is 211 Å². The van der Waals surface area contributed by atoms with Crippen LogP contribution in [0.1, 0.15) is 51.0 Å². The van der Waals surface area contributed by atoms with E-state index in [9.17, 15) is 4.79 Å². The SMILES string of the molecule is C[C@]12CCCN3CCC[C@H]([C@H]4CCC(/C=N/OC(=O)/C=C/c5ccc6c(c5)OCO6)=C(Cl)N4C1)[C@@H]32. The maximum Gasteiger partial charge on any atom is 0.358 e. The van der Waals surface area contributed by atoms with Gasteiger partial charge in [-0.15, -0.1) is 0 Å². The van der Waals surface area contributed by atoms with Crippen LogP contribution >= 0.6 is 11.6 Å². The van der Waals surface area contributed by atoms with Crippen molar-refractivity contribution in [2.24, 2.45) is 16.5 Å². The monoisotopic (exact) mass is 497 g/mol. The Hall–Kier alpha value is -2.51. The van der Waals surface area contributed by atoms with Crippen LogP contribution in [0.15, 0.2) is 40.2 Å². The van der Waals surface area contributed by atoms with E-state index in [4.69, 9.17) is 25.9 Å². The number of fused-ring (bicyclic) bond motifs is 3. The number of oxime groups is 1. The first-order chi connectivity index (χ1) is 17.0. The molecule has 0 unspecified atom stereocenters. The van der Waals surface area contributed by atoms with Crippen molar-refractivity contribution in [2.75, 3.05) is 26.4 Å². The van der Waals surface area contributed by atoms with E-state index in [1.165, 1.54) is 44.8 Å². The highest BCUT2D eigenvalue weighted by molar-refractivity contribution is 6.31. The van der Waals surface area contributed by atoms with Crippen LogP contribution in [0.4, 0.5) is 0 Å². The van der Waals surface area contributed by atoms with E-state index >= 15 is 0 Å². The van der Waals surface area contributed by atoms with Gasteiger partial charge in [0.15, 0.2) is 11.5 Å². The Balaban J connectivity index is 1.12. The highest BCUT2D eigenvalue weighted by atomic mass is 35.5. The predicted molar refractivity (Wildman–Crippen MR) is 134 cm³/mol. The topological polar surface area (TPSA) is 63.6 Å². The first-order valence-electron chi connectivity index (χ1n) is 12.7. The molecule has 3 fully saturated rings. The summed E-state index contributed by atoms with van der Waals surface area (Å²) in [6.45, 7) is 6.16. The van der Waals surface area contributed by atoms with Crippen molar-refractivity contribution in [3.05, 3.63) is 40.6 Å². The number of carbonyl (C=O) groups is 1. The van der Waals surface area contributed by atoms with E-state index in [2.05, 4.69) is 21.9 Å². The summed E-state index contributed by atoms with van der Waals surface area (Å²) in [4.78, 5) is 22.5. The zero-order chi connectivity index (χ0) is 24.0. The predicted octanol–water partition coefficient (Wildman–Crippen LogP) is 4.77. The largest absolute Gasteiger partial charge is 0.454 e. The molecule has 186 valence electrons. The molecule has 5 aliphatic heterocycles. The highest BCUT2D eigenvalue weighted by Crippen LogP contribution is 2.52. The van der Waals surface area contributed by atoms with Crippen molar-refractivity contribution in [1.82, 2.24) is 9.80 Å². The van der Waals surface area contributed by atoms with Gasteiger partial charge in [-0.3, -0.25) is 4.90 Å². The molecule has 0 aromatic heterocycles. The Bertz CT molecular complexity index is 1100. The van der Waals surface area contributed by atoms with Crippen molar-refractivity contribution >= 4 is 29.9 Å². The normalized spacial score (nSPS) is 32.2. The van der Waals surface area contributed by atoms with Crippen LogP contribution in [0.25, 0.3) is 6.08 Å². The Morgan fingerprint density at radius 1 is 1.23 bits per heavy atom. The molecule has 6 rings (SSSR count). The van der Waals surface area contributed by atoms with Crippen molar-refractivity contribution in [3.63, 3.8) is 0 Å². The quantitative estimate of drug-likeness (QED) is 0.196. The summed E-state index contributed by atoms with van der Waals surface area (Å²) < 4.78 is 10.7. The van der Waals surface area contributed by atoms with Gasteiger partial charge in [0.25, 0.3) is 0 Å². The third-order valence-corrected chi connectivity index (χ3v) is 8.96. The molecular formula is C27H32ClN3O4. The van der Waals surface area contributed by atoms with Crippen LogP contribution in [-0.2, 0) is 9.63 Å². The average molecular weight is 498 g/mol. The third kappa shape index (κ3) is 4.23. The lowest BCUT2D eigenvalue weighted by Gasteiger charge is -2.63. The van der Waals surface area contributed by atoms with Crippen LogP contribution in [0, 0.1) is 11.3 Å². The molecule has 5 heterocycles. The van der Waals surface area contributed by atoms with E-state index in [1.54, 1.807) is 12.3 Å². The Morgan fingerprint density at radius 2 is 2.09 bits per heavy atom. The molecule has 0 spiro atoms. The summed E-state index contributed by atoms with van der Waals surface area (Å²) in [5.41, 5.74) is 2.03. The van der Waals surface area contributed by atoms with Gasteiger partial charge >= 0.3 is 5.97 Å². The first-order valence-corrected chi connectivity index (χ1v) is 13.1. The molecule has 0 bridgehead atoms. The van der Waals surface area contributed by atoms with Gasteiger partial charge in [-0.2, -0.15) is 0 Å². The standard InChI is InChI=1S/C27H32ClN3O4/c1-27-11-3-13-30-12-2-4-20(25(27)30)21-8-7-19(26(28)31(21)16-27)15-29-35-24(32)10-6-18-5-9-22-23(14-18)34-17-33-22/h5-6,9-10,14-15,20-21,25H,2-4,7-8,11-13,16-17H2,1H3/b10-6+,29-15+/t20-,21-,25-,27+/m1/s1. The molecule has 0 amide bonds. The molecule has 0 N–H and O–H groups in total. The van der Waals surface area contributed by atoms with Crippen molar-refractivity contribution in [3.8, 4) is 11.5 Å². The molecule has 1 aromatic carbocycles. The van der Waals surface area contributed by atoms with Crippen LogP contribution in [0.3, 0.4) is 0 Å². The van der Waals surface area contributed by atoms with E-state index in [1.807, 2.05) is 18.2 Å². The summed E-state index contributed by atoms with van der Waals surface area (Å²) >= 11 is 6.95. The maximum absolute atomic E-state index is 12.2. The number of rotatable bonds is 4. The second-order valence-corrected chi connectivity index (χ2v) is 11.0. The summed E-state index contributed by atoms with van der Waals surface area (Å²) in [7, 11) is 0. The molecule has 0 saturated carbocycles. The summed E-state index contributed by atoms with van der Waals surface area (Å²) in [5, 5.41) is 4.74. The zero-order valence-electron chi connectivity index (χ0n) is 20.1. The van der Waals surface area contributed by atoms with Gasteiger partial charge in [0.05, 0.1) is 6.21 Å². The van der Waals surface area contributed by atoms with Crippen LogP contribution in [0.5, 0.6) is 11.5 Å². The Morgan fingerprint density at radius 3 is 3.00 bits per heavy atom. The summed E-state index contributed by atoms with van der Waals surface area (Å²) in [6.07, 6.45) is 11.7. The third-order valence-electron chi connectivity index (χ3n) is 8.50.